The zero-order valence-electron chi connectivity index (χ0n) is 23.3. The van der Waals surface area contributed by atoms with Gasteiger partial charge in [0, 0.05) is 49.1 Å². The van der Waals surface area contributed by atoms with E-state index in [0.717, 1.165) is 35.4 Å². The first-order chi connectivity index (χ1) is 17.1. The molecule has 1 aliphatic carbocycles. The number of nitrogens with zero attached hydrogens (tertiary/aromatic N) is 2. The van der Waals surface area contributed by atoms with Crippen LogP contribution in [0.2, 0.25) is 0 Å². The highest BCUT2D eigenvalue weighted by Crippen LogP contribution is 2.39. The van der Waals surface area contributed by atoms with E-state index in [2.05, 4.69) is 44.2 Å². The quantitative estimate of drug-likeness (QED) is 0.370. The van der Waals surface area contributed by atoms with Crippen LogP contribution in [0.3, 0.4) is 0 Å². The lowest BCUT2D eigenvalue weighted by Gasteiger charge is -2.38. The molecule has 36 heavy (non-hydrogen) atoms. The molecule has 0 spiro atoms. The minimum atomic E-state index is -0.613. The van der Waals surface area contributed by atoms with Crippen LogP contribution < -0.4 is 5.43 Å². The van der Waals surface area contributed by atoms with Crippen LogP contribution in [0.4, 0.5) is 0 Å². The molecular formula is C29H42N2O5. The Morgan fingerprint density at radius 3 is 2.39 bits per heavy atom. The SMILES string of the molecule is CCOC(=O)c1cn(C(CC)C(C)(C)COC)c(/C(=C2\C=CC=C(OC)C2=NC)C(C)CC)cc1=O. The first-order valence-electron chi connectivity index (χ1n) is 12.7. The van der Waals surface area contributed by atoms with Crippen molar-refractivity contribution in [3.63, 3.8) is 0 Å². The van der Waals surface area contributed by atoms with E-state index in [1.54, 1.807) is 40.5 Å². The summed E-state index contributed by atoms with van der Waals surface area (Å²) in [6.07, 6.45) is 9.13. The van der Waals surface area contributed by atoms with Crippen molar-refractivity contribution >= 4 is 17.3 Å². The van der Waals surface area contributed by atoms with Crippen LogP contribution in [-0.4, -0.2) is 50.7 Å². The maximum absolute atomic E-state index is 13.3. The molecule has 0 aromatic carbocycles. The predicted molar refractivity (Wildman–Crippen MR) is 146 cm³/mol. The second kappa shape index (κ2) is 12.9. The molecule has 1 aromatic rings. The van der Waals surface area contributed by atoms with Crippen LogP contribution in [0.15, 0.2) is 51.6 Å². The van der Waals surface area contributed by atoms with Crippen molar-refractivity contribution in [2.45, 2.75) is 60.4 Å². The molecule has 0 saturated carbocycles. The molecule has 0 saturated heterocycles. The fourth-order valence-electron chi connectivity index (χ4n) is 4.97. The fourth-order valence-corrected chi connectivity index (χ4v) is 4.97. The summed E-state index contributed by atoms with van der Waals surface area (Å²) in [6, 6.07) is 1.52. The van der Waals surface area contributed by atoms with Gasteiger partial charge in [0.05, 0.1) is 20.3 Å². The van der Waals surface area contributed by atoms with Crippen molar-refractivity contribution < 1.29 is 19.0 Å². The van der Waals surface area contributed by atoms with E-state index in [4.69, 9.17) is 14.2 Å². The predicted octanol–water partition coefficient (Wildman–Crippen LogP) is 5.62. The van der Waals surface area contributed by atoms with Crippen LogP contribution in [-0.2, 0) is 14.2 Å². The Labute approximate surface area is 215 Å². The van der Waals surface area contributed by atoms with Crippen molar-refractivity contribution in [2.24, 2.45) is 16.3 Å². The Hall–Kier alpha value is -2.93. The summed E-state index contributed by atoms with van der Waals surface area (Å²) in [5, 5.41) is 0. The van der Waals surface area contributed by atoms with Gasteiger partial charge in [0.1, 0.15) is 17.0 Å². The number of aliphatic imine (C=N–C) groups is 1. The topological polar surface area (TPSA) is 79.1 Å². The molecule has 2 rings (SSSR count). The van der Waals surface area contributed by atoms with Crippen LogP contribution in [0.5, 0.6) is 0 Å². The van der Waals surface area contributed by atoms with Crippen molar-refractivity contribution in [2.75, 3.05) is 34.5 Å². The van der Waals surface area contributed by atoms with Crippen LogP contribution in [0, 0.1) is 11.3 Å². The third kappa shape index (κ3) is 6.06. The van der Waals surface area contributed by atoms with Gasteiger partial charge in [0.2, 0.25) is 0 Å². The van der Waals surface area contributed by atoms with Gasteiger partial charge in [-0.2, -0.15) is 0 Å². The second-order valence-electron chi connectivity index (χ2n) is 9.71. The molecule has 1 heterocycles. The highest BCUT2D eigenvalue weighted by atomic mass is 16.5. The highest BCUT2D eigenvalue weighted by molar-refractivity contribution is 6.18. The van der Waals surface area contributed by atoms with Crippen LogP contribution in [0.1, 0.15) is 76.5 Å². The van der Waals surface area contributed by atoms with Gasteiger partial charge in [-0.05, 0) is 37.3 Å². The largest absolute Gasteiger partial charge is 0.494 e. The summed E-state index contributed by atoms with van der Waals surface area (Å²) in [7, 11) is 5.05. The molecule has 0 bridgehead atoms. The Morgan fingerprint density at radius 1 is 1.17 bits per heavy atom. The van der Waals surface area contributed by atoms with Gasteiger partial charge < -0.3 is 18.8 Å². The monoisotopic (exact) mass is 498 g/mol. The van der Waals surface area contributed by atoms with Crippen LogP contribution >= 0.6 is 0 Å². The minimum absolute atomic E-state index is 0.0295. The van der Waals surface area contributed by atoms with E-state index in [-0.39, 0.29) is 35.0 Å². The molecule has 0 fully saturated rings. The molecular weight excluding hydrogens is 456 g/mol. The summed E-state index contributed by atoms with van der Waals surface area (Å²) in [6.45, 7) is 13.1. The van der Waals surface area contributed by atoms with E-state index in [1.807, 2.05) is 18.2 Å². The van der Waals surface area contributed by atoms with E-state index in [0.29, 0.717) is 12.4 Å². The molecule has 2 atom stereocenters. The Balaban J connectivity index is 3.02. The molecule has 7 nitrogen and oxygen atoms in total. The smallest absolute Gasteiger partial charge is 0.343 e. The van der Waals surface area contributed by atoms with Gasteiger partial charge in [-0.25, -0.2) is 4.79 Å². The highest BCUT2D eigenvalue weighted by Gasteiger charge is 2.34. The number of carbonyl (C=O) groups excluding carboxylic acids is 1. The summed E-state index contributed by atoms with van der Waals surface area (Å²) in [5.41, 5.74) is 2.76. The maximum Gasteiger partial charge on any atom is 0.343 e. The number of rotatable bonds is 11. The number of hydrogen-bond donors (Lipinski definition) is 0. The lowest BCUT2D eigenvalue weighted by molar-refractivity contribution is 0.0515. The Morgan fingerprint density at radius 2 is 1.86 bits per heavy atom. The van der Waals surface area contributed by atoms with E-state index in [9.17, 15) is 9.59 Å². The lowest BCUT2D eigenvalue weighted by Crippen LogP contribution is -2.34. The fraction of sp³-hybridized carbons (Fsp3) is 0.552. The third-order valence-corrected chi connectivity index (χ3v) is 6.83. The standard InChI is InChI=1S/C29H42N2O5/c1-10-19(4)26(20-14-13-15-24(35-9)27(20)30-7)22-16-23(32)21(28(33)36-12-3)17-31(22)25(11-2)29(5,6)18-34-8/h13-17,19,25H,10-12,18H2,1-9H3/b26-20+,30-27?. The first kappa shape index (κ1) is 29.3. The van der Waals surface area contributed by atoms with E-state index < -0.39 is 5.97 Å². The van der Waals surface area contributed by atoms with Crippen LogP contribution in [0.25, 0.3) is 5.57 Å². The Bertz CT molecular complexity index is 1120. The first-order valence-corrected chi connectivity index (χ1v) is 12.7. The lowest BCUT2D eigenvalue weighted by atomic mass is 9.81. The maximum atomic E-state index is 13.3. The van der Waals surface area contributed by atoms with Crippen molar-refractivity contribution in [1.29, 1.82) is 0 Å². The number of hydrogen-bond acceptors (Lipinski definition) is 6. The molecule has 0 aliphatic heterocycles. The molecule has 2 unspecified atom stereocenters. The van der Waals surface area contributed by atoms with E-state index >= 15 is 0 Å². The molecule has 198 valence electrons. The molecule has 1 aromatic heterocycles. The number of carbonyl (C=O) groups is 1. The van der Waals surface area contributed by atoms with Crippen molar-refractivity contribution in [3.8, 4) is 0 Å². The van der Waals surface area contributed by atoms with Gasteiger partial charge in [-0.1, -0.05) is 46.8 Å². The summed E-state index contributed by atoms with van der Waals surface area (Å²) in [4.78, 5) is 30.6. The van der Waals surface area contributed by atoms with Gasteiger partial charge in [0.25, 0.3) is 0 Å². The third-order valence-electron chi connectivity index (χ3n) is 6.83. The van der Waals surface area contributed by atoms with Gasteiger partial charge in [-0.3, -0.25) is 9.79 Å². The molecule has 0 amide bonds. The number of allylic oxidation sites excluding steroid dienone is 5. The average Bonchev–Trinajstić information content (AvgIpc) is 2.85. The van der Waals surface area contributed by atoms with Gasteiger partial charge in [-0.15, -0.1) is 0 Å². The molecule has 1 aliphatic rings. The summed E-state index contributed by atoms with van der Waals surface area (Å²) >= 11 is 0. The number of methoxy groups -OCH3 is 2. The van der Waals surface area contributed by atoms with Crippen molar-refractivity contribution in [3.05, 3.63) is 63.3 Å². The second-order valence-corrected chi connectivity index (χ2v) is 9.71. The normalized spacial score (nSPS) is 18.0. The number of ether oxygens (including phenoxy) is 3. The zero-order valence-corrected chi connectivity index (χ0v) is 23.3. The van der Waals surface area contributed by atoms with E-state index in [1.165, 1.54) is 0 Å². The van der Waals surface area contributed by atoms with Crippen molar-refractivity contribution in [1.82, 2.24) is 4.57 Å². The number of pyridine rings is 1. The average molecular weight is 499 g/mol. The molecule has 0 N–H and O–H groups in total. The van der Waals surface area contributed by atoms with Gasteiger partial charge >= 0.3 is 5.97 Å². The zero-order chi connectivity index (χ0) is 27.0. The molecule has 7 heteroatoms. The number of aromatic nitrogens is 1. The summed E-state index contributed by atoms with van der Waals surface area (Å²) in [5.74, 6) is 0.150. The molecule has 0 radical (unpaired) electrons. The van der Waals surface area contributed by atoms with Gasteiger partial charge in [0.15, 0.2) is 5.43 Å². The number of esters is 1. The summed E-state index contributed by atoms with van der Waals surface area (Å²) < 4.78 is 18.5. The minimum Gasteiger partial charge on any atom is -0.494 e. The Kier molecular flexibility index (Phi) is 10.5.